The Morgan fingerprint density at radius 2 is 2.31 bits per heavy atom. The number of ether oxygens (including phenoxy) is 1. The summed E-state index contributed by atoms with van der Waals surface area (Å²) in [7, 11) is 1.65. The Balaban J connectivity index is 2.67. The van der Waals surface area contributed by atoms with Crippen molar-refractivity contribution in [2.24, 2.45) is 10.3 Å². The molecule has 0 saturated carbocycles. The summed E-state index contributed by atoms with van der Waals surface area (Å²) in [6.07, 6.45) is 0. The number of hydrogen-bond acceptors (Lipinski definition) is 4. The van der Waals surface area contributed by atoms with Crippen molar-refractivity contribution in [1.82, 2.24) is 5.01 Å². The van der Waals surface area contributed by atoms with Gasteiger partial charge in [-0.15, -0.1) is 5.11 Å². The summed E-state index contributed by atoms with van der Waals surface area (Å²) in [5, 5.41) is 9.84. The number of hydrogen-bond donors (Lipinski definition) is 0. The van der Waals surface area contributed by atoms with Gasteiger partial charge in [-0.2, -0.15) is 0 Å². The number of nitrogens with zero attached hydrogens (tertiary/aromatic N) is 3. The van der Waals surface area contributed by atoms with Gasteiger partial charge in [0.1, 0.15) is 0 Å². The summed E-state index contributed by atoms with van der Waals surface area (Å²) in [4.78, 5) is 9.94. The zero-order chi connectivity index (χ0) is 12.0. The van der Waals surface area contributed by atoms with E-state index in [-0.39, 0.29) is 6.73 Å². The first-order valence-corrected chi connectivity index (χ1v) is 4.95. The Kier molecular flexibility index (Phi) is 4.72. The summed E-state index contributed by atoms with van der Waals surface area (Å²) >= 11 is 5.83. The fourth-order valence-corrected chi connectivity index (χ4v) is 1.15. The molecule has 0 spiro atoms. The van der Waals surface area contributed by atoms with Crippen LogP contribution in [0.1, 0.15) is 5.56 Å². The molecule has 0 fully saturated rings. The van der Waals surface area contributed by atoms with Crippen molar-refractivity contribution < 1.29 is 9.53 Å². The van der Waals surface area contributed by atoms with E-state index < -0.39 is 0 Å². The number of benzene rings is 1. The molecular formula is C10H12ClN3O2. The van der Waals surface area contributed by atoms with Gasteiger partial charge in [0, 0.05) is 12.1 Å². The summed E-state index contributed by atoms with van der Waals surface area (Å²) in [5.41, 5.74) is 1.66. The van der Waals surface area contributed by atoms with Crippen LogP contribution in [0.2, 0.25) is 5.02 Å². The van der Waals surface area contributed by atoms with Crippen molar-refractivity contribution in [3.8, 4) is 0 Å². The zero-order valence-corrected chi connectivity index (χ0v) is 9.81. The SMILES string of the molecule is Cc1ccc(Cl)cc1/N=N/N(C)COC=O. The minimum atomic E-state index is 0.0621. The van der Waals surface area contributed by atoms with E-state index in [1.165, 1.54) is 5.01 Å². The minimum Gasteiger partial charge on any atom is -0.445 e. The summed E-state index contributed by atoms with van der Waals surface area (Å²) in [6.45, 7) is 2.33. The first-order valence-electron chi connectivity index (χ1n) is 4.57. The van der Waals surface area contributed by atoms with E-state index in [1.54, 1.807) is 19.2 Å². The quantitative estimate of drug-likeness (QED) is 0.345. The van der Waals surface area contributed by atoms with Gasteiger partial charge in [-0.3, -0.25) is 4.79 Å². The van der Waals surface area contributed by atoms with Crippen molar-refractivity contribution in [3.05, 3.63) is 28.8 Å². The summed E-state index contributed by atoms with van der Waals surface area (Å²) < 4.78 is 4.50. The highest BCUT2D eigenvalue weighted by Crippen LogP contribution is 2.23. The molecule has 0 aliphatic heterocycles. The highest BCUT2D eigenvalue weighted by molar-refractivity contribution is 6.30. The van der Waals surface area contributed by atoms with Gasteiger partial charge < -0.3 is 4.74 Å². The fraction of sp³-hybridized carbons (Fsp3) is 0.300. The summed E-state index contributed by atoms with van der Waals surface area (Å²) in [6, 6.07) is 5.36. The lowest BCUT2D eigenvalue weighted by Gasteiger charge is -2.08. The molecule has 1 rings (SSSR count). The van der Waals surface area contributed by atoms with Crippen LogP contribution in [0.15, 0.2) is 28.5 Å². The zero-order valence-electron chi connectivity index (χ0n) is 9.05. The predicted molar refractivity (Wildman–Crippen MR) is 60.5 cm³/mol. The maximum absolute atomic E-state index is 9.94. The Bertz CT molecular complexity index is 396. The molecule has 0 aliphatic carbocycles. The second-order valence-corrected chi connectivity index (χ2v) is 3.61. The van der Waals surface area contributed by atoms with Gasteiger partial charge in [-0.1, -0.05) is 22.9 Å². The maximum atomic E-state index is 9.94. The Hall–Kier alpha value is -1.62. The van der Waals surface area contributed by atoms with Crippen LogP contribution in [0.3, 0.4) is 0 Å². The molecule has 0 bridgehead atoms. The summed E-state index contributed by atoms with van der Waals surface area (Å²) in [5.74, 6) is 0. The van der Waals surface area contributed by atoms with Gasteiger partial charge in [0.25, 0.3) is 6.47 Å². The molecule has 1 aromatic carbocycles. The van der Waals surface area contributed by atoms with E-state index in [0.717, 1.165) is 5.56 Å². The first kappa shape index (κ1) is 12.4. The Morgan fingerprint density at radius 3 is 3.00 bits per heavy atom. The van der Waals surface area contributed by atoms with Crippen LogP contribution in [0, 0.1) is 6.92 Å². The third-order valence-electron chi connectivity index (χ3n) is 1.81. The van der Waals surface area contributed by atoms with Crippen molar-refractivity contribution in [2.45, 2.75) is 6.92 Å². The van der Waals surface area contributed by atoms with Crippen LogP contribution < -0.4 is 0 Å². The molecule has 0 radical (unpaired) electrons. The van der Waals surface area contributed by atoms with Crippen LogP contribution in [-0.2, 0) is 9.53 Å². The number of carbonyl (C=O) groups is 1. The molecule has 0 N–H and O–H groups in total. The topological polar surface area (TPSA) is 54.3 Å². The minimum absolute atomic E-state index is 0.0621. The number of halogens is 1. The molecule has 0 unspecified atom stereocenters. The first-order chi connectivity index (χ1) is 7.63. The highest BCUT2D eigenvalue weighted by atomic mass is 35.5. The molecule has 5 nitrogen and oxygen atoms in total. The molecule has 0 aliphatic rings. The lowest BCUT2D eigenvalue weighted by Crippen LogP contribution is -2.13. The largest absolute Gasteiger partial charge is 0.445 e. The molecular weight excluding hydrogens is 230 g/mol. The van der Waals surface area contributed by atoms with Gasteiger partial charge in [0.15, 0.2) is 6.73 Å². The molecule has 86 valence electrons. The predicted octanol–water partition coefficient (Wildman–Crippen LogP) is 2.71. The molecule has 0 saturated heterocycles. The van der Waals surface area contributed by atoms with E-state index in [9.17, 15) is 4.79 Å². The Morgan fingerprint density at radius 1 is 1.56 bits per heavy atom. The van der Waals surface area contributed by atoms with Crippen LogP contribution in [0.25, 0.3) is 0 Å². The van der Waals surface area contributed by atoms with Crippen LogP contribution in [-0.4, -0.2) is 25.3 Å². The average molecular weight is 242 g/mol. The fourth-order valence-electron chi connectivity index (χ4n) is 0.979. The average Bonchev–Trinajstić information content (AvgIpc) is 2.27. The lowest BCUT2D eigenvalue weighted by atomic mass is 10.2. The molecule has 1 aromatic rings. The van der Waals surface area contributed by atoms with Gasteiger partial charge in [0.05, 0.1) is 5.69 Å². The van der Waals surface area contributed by atoms with Crippen molar-refractivity contribution in [1.29, 1.82) is 0 Å². The van der Waals surface area contributed by atoms with Crippen LogP contribution in [0.4, 0.5) is 5.69 Å². The third-order valence-corrected chi connectivity index (χ3v) is 2.04. The van der Waals surface area contributed by atoms with Crippen LogP contribution in [0.5, 0.6) is 0 Å². The molecule has 6 heteroatoms. The molecule has 0 aromatic heterocycles. The van der Waals surface area contributed by atoms with E-state index in [4.69, 9.17) is 11.6 Å². The number of rotatable bonds is 5. The standard InChI is InChI=1S/C10H12ClN3O2/c1-8-3-4-9(11)5-10(8)12-13-14(2)6-16-7-15/h3-5,7H,6H2,1-2H3/b13-12+. The molecule has 0 heterocycles. The second-order valence-electron chi connectivity index (χ2n) is 3.17. The number of carbonyl (C=O) groups excluding carboxylic acids is 1. The van der Waals surface area contributed by atoms with E-state index in [0.29, 0.717) is 17.2 Å². The van der Waals surface area contributed by atoms with Gasteiger partial charge in [-0.05, 0) is 24.6 Å². The van der Waals surface area contributed by atoms with Gasteiger partial charge in [-0.25, -0.2) is 5.01 Å². The van der Waals surface area contributed by atoms with E-state index in [1.807, 2.05) is 13.0 Å². The van der Waals surface area contributed by atoms with Gasteiger partial charge in [0.2, 0.25) is 0 Å². The van der Waals surface area contributed by atoms with E-state index in [2.05, 4.69) is 15.1 Å². The maximum Gasteiger partial charge on any atom is 0.294 e. The molecule has 0 amide bonds. The van der Waals surface area contributed by atoms with Crippen LogP contribution >= 0.6 is 11.6 Å². The Labute approximate surface area is 98.6 Å². The monoisotopic (exact) mass is 241 g/mol. The smallest absolute Gasteiger partial charge is 0.294 e. The highest BCUT2D eigenvalue weighted by Gasteiger charge is 1.98. The van der Waals surface area contributed by atoms with Gasteiger partial charge >= 0.3 is 0 Å². The van der Waals surface area contributed by atoms with E-state index >= 15 is 0 Å². The normalized spacial score (nSPS) is 10.4. The molecule has 16 heavy (non-hydrogen) atoms. The third kappa shape index (κ3) is 3.86. The van der Waals surface area contributed by atoms with Crippen molar-refractivity contribution >= 4 is 23.8 Å². The van der Waals surface area contributed by atoms with Crippen molar-refractivity contribution in [2.75, 3.05) is 13.8 Å². The van der Waals surface area contributed by atoms with Crippen molar-refractivity contribution in [3.63, 3.8) is 0 Å². The molecule has 0 atom stereocenters. The second kappa shape index (κ2) is 6.07. The number of aryl methyl sites for hydroxylation is 1. The lowest BCUT2D eigenvalue weighted by molar-refractivity contribution is -0.132.